The maximum absolute atomic E-state index is 5.49. The molecule has 0 unspecified atom stereocenters. The van der Waals surface area contributed by atoms with Crippen molar-refractivity contribution >= 4 is 0 Å². The summed E-state index contributed by atoms with van der Waals surface area (Å²) in [5, 5.41) is 4.77. The van der Waals surface area contributed by atoms with E-state index < -0.39 is 0 Å². The van der Waals surface area contributed by atoms with E-state index >= 15 is 0 Å². The SMILES string of the molecule is Cc1ccc(Cn2nc([C@@H]3CCOC3)nc2-c2ccc[nH]2)cc1. The highest BCUT2D eigenvalue weighted by Crippen LogP contribution is 2.25. The highest BCUT2D eigenvalue weighted by molar-refractivity contribution is 5.49. The molecule has 1 N–H and O–H groups in total. The second-order valence-corrected chi connectivity index (χ2v) is 6.08. The lowest BCUT2D eigenvalue weighted by Gasteiger charge is -2.05. The third kappa shape index (κ3) is 2.92. The van der Waals surface area contributed by atoms with Crippen LogP contribution in [-0.2, 0) is 11.3 Å². The zero-order chi connectivity index (χ0) is 15.6. The van der Waals surface area contributed by atoms with E-state index in [0.717, 1.165) is 43.5 Å². The number of rotatable bonds is 4. The number of hydrogen-bond donors (Lipinski definition) is 1. The standard InChI is InChI=1S/C18H20N4O/c1-13-4-6-14(7-5-13)11-22-18(16-3-2-9-19-16)20-17(21-22)15-8-10-23-12-15/h2-7,9,15,19H,8,10-12H2,1H3/t15-/m1/s1. The van der Waals surface area contributed by atoms with Crippen LogP contribution < -0.4 is 0 Å². The number of nitrogens with zero attached hydrogens (tertiary/aromatic N) is 3. The van der Waals surface area contributed by atoms with Crippen molar-refractivity contribution in [2.75, 3.05) is 13.2 Å². The van der Waals surface area contributed by atoms with Crippen molar-refractivity contribution in [3.8, 4) is 11.5 Å². The maximum Gasteiger partial charge on any atom is 0.175 e. The number of aryl methyl sites for hydroxylation is 1. The lowest BCUT2D eigenvalue weighted by atomic mass is 10.1. The third-order valence-corrected chi connectivity index (χ3v) is 4.27. The van der Waals surface area contributed by atoms with Gasteiger partial charge in [0.1, 0.15) is 0 Å². The fourth-order valence-corrected chi connectivity index (χ4v) is 2.92. The Hall–Kier alpha value is -2.40. The first-order valence-corrected chi connectivity index (χ1v) is 8.01. The molecule has 1 saturated heterocycles. The summed E-state index contributed by atoms with van der Waals surface area (Å²) in [6.45, 7) is 4.34. The average Bonchev–Trinajstić information content (AvgIpc) is 3.30. The molecule has 0 amide bonds. The van der Waals surface area contributed by atoms with Gasteiger partial charge in [-0.05, 0) is 31.0 Å². The minimum Gasteiger partial charge on any atom is -0.381 e. The van der Waals surface area contributed by atoms with E-state index in [1.807, 2.05) is 23.0 Å². The molecule has 0 spiro atoms. The summed E-state index contributed by atoms with van der Waals surface area (Å²) in [5.74, 6) is 2.08. The van der Waals surface area contributed by atoms with Crippen LogP contribution in [0.1, 0.15) is 29.3 Å². The first kappa shape index (κ1) is 14.2. The number of nitrogens with one attached hydrogen (secondary N) is 1. The predicted octanol–water partition coefficient (Wildman–Crippen LogP) is 3.13. The molecule has 1 aliphatic heterocycles. The first-order valence-electron chi connectivity index (χ1n) is 8.01. The van der Waals surface area contributed by atoms with Crippen molar-refractivity contribution in [1.29, 1.82) is 0 Å². The van der Waals surface area contributed by atoms with E-state index in [-0.39, 0.29) is 0 Å². The lowest BCUT2D eigenvalue weighted by molar-refractivity contribution is 0.193. The van der Waals surface area contributed by atoms with Crippen LogP contribution in [0.2, 0.25) is 0 Å². The van der Waals surface area contributed by atoms with Crippen LogP contribution in [0.15, 0.2) is 42.6 Å². The molecule has 3 heterocycles. The molecule has 0 bridgehead atoms. The summed E-state index contributed by atoms with van der Waals surface area (Å²) in [5.41, 5.74) is 3.48. The van der Waals surface area contributed by atoms with E-state index in [4.69, 9.17) is 14.8 Å². The first-order chi connectivity index (χ1) is 11.3. The Labute approximate surface area is 135 Å². The maximum atomic E-state index is 5.49. The summed E-state index contributed by atoms with van der Waals surface area (Å²) in [4.78, 5) is 8.03. The molecular weight excluding hydrogens is 288 g/mol. The van der Waals surface area contributed by atoms with Gasteiger partial charge < -0.3 is 9.72 Å². The fraction of sp³-hybridized carbons (Fsp3) is 0.333. The topological polar surface area (TPSA) is 55.7 Å². The molecule has 1 aliphatic rings. The molecule has 5 nitrogen and oxygen atoms in total. The summed E-state index contributed by atoms with van der Waals surface area (Å²) in [7, 11) is 0. The van der Waals surface area contributed by atoms with Crippen molar-refractivity contribution in [1.82, 2.24) is 19.7 Å². The van der Waals surface area contributed by atoms with Gasteiger partial charge >= 0.3 is 0 Å². The summed E-state index contributed by atoms with van der Waals surface area (Å²) in [6, 6.07) is 12.6. The molecule has 23 heavy (non-hydrogen) atoms. The second kappa shape index (κ2) is 6.01. The normalized spacial score (nSPS) is 17.7. The van der Waals surface area contributed by atoms with Gasteiger partial charge in [-0.3, -0.25) is 0 Å². The van der Waals surface area contributed by atoms with Crippen LogP contribution in [0, 0.1) is 6.92 Å². The quantitative estimate of drug-likeness (QED) is 0.805. The Morgan fingerprint density at radius 1 is 1.26 bits per heavy atom. The number of hydrogen-bond acceptors (Lipinski definition) is 3. The van der Waals surface area contributed by atoms with Gasteiger partial charge in [-0.15, -0.1) is 0 Å². The largest absolute Gasteiger partial charge is 0.381 e. The summed E-state index contributed by atoms with van der Waals surface area (Å²) in [6.07, 6.45) is 2.91. The van der Waals surface area contributed by atoms with Gasteiger partial charge in [-0.1, -0.05) is 29.8 Å². The Morgan fingerprint density at radius 2 is 2.13 bits per heavy atom. The Balaban J connectivity index is 1.69. The van der Waals surface area contributed by atoms with Crippen LogP contribution >= 0.6 is 0 Å². The highest BCUT2D eigenvalue weighted by atomic mass is 16.5. The Bertz CT molecular complexity index is 768. The van der Waals surface area contributed by atoms with Crippen molar-refractivity contribution in [2.24, 2.45) is 0 Å². The van der Waals surface area contributed by atoms with Crippen molar-refractivity contribution < 1.29 is 4.74 Å². The van der Waals surface area contributed by atoms with Crippen molar-refractivity contribution in [3.63, 3.8) is 0 Å². The van der Waals surface area contributed by atoms with Crippen molar-refractivity contribution in [3.05, 3.63) is 59.5 Å². The molecule has 0 radical (unpaired) electrons. The lowest BCUT2D eigenvalue weighted by Crippen LogP contribution is -2.06. The van der Waals surface area contributed by atoms with Crippen molar-refractivity contribution in [2.45, 2.75) is 25.8 Å². The predicted molar refractivity (Wildman–Crippen MR) is 88.3 cm³/mol. The number of benzene rings is 1. The summed E-state index contributed by atoms with van der Waals surface area (Å²) >= 11 is 0. The molecule has 4 rings (SSSR count). The molecule has 1 fully saturated rings. The Morgan fingerprint density at radius 3 is 2.83 bits per heavy atom. The van der Waals surface area contributed by atoms with Gasteiger partial charge in [0.05, 0.1) is 18.8 Å². The van der Waals surface area contributed by atoms with Crippen LogP contribution in [0.4, 0.5) is 0 Å². The van der Waals surface area contributed by atoms with Gasteiger partial charge in [0.15, 0.2) is 11.6 Å². The van der Waals surface area contributed by atoms with Gasteiger partial charge in [0.25, 0.3) is 0 Å². The fourth-order valence-electron chi connectivity index (χ4n) is 2.92. The smallest absolute Gasteiger partial charge is 0.175 e. The number of aromatic nitrogens is 4. The molecular formula is C18H20N4O. The Kier molecular flexibility index (Phi) is 3.71. The van der Waals surface area contributed by atoms with E-state index in [1.165, 1.54) is 11.1 Å². The molecule has 1 aromatic carbocycles. The van der Waals surface area contributed by atoms with Gasteiger partial charge in [0.2, 0.25) is 0 Å². The molecule has 3 aromatic rings. The van der Waals surface area contributed by atoms with Crippen LogP contribution in [0.5, 0.6) is 0 Å². The molecule has 1 atom stereocenters. The van der Waals surface area contributed by atoms with E-state index in [9.17, 15) is 0 Å². The molecule has 2 aromatic heterocycles. The molecule has 0 saturated carbocycles. The monoisotopic (exact) mass is 308 g/mol. The van der Waals surface area contributed by atoms with E-state index in [1.54, 1.807) is 0 Å². The number of aromatic amines is 1. The molecule has 0 aliphatic carbocycles. The minimum atomic E-state index is 0.308. The van der Waals surface area contributed by atoms with Crippen LogP contribution in [-0.4, -0.2) is 33.0 Å². The number of ether oxygens (including phenoxy) is 1. The van der Waals surface area contributed by atoms with Crippen LogP contribution in [0.25, 0.3) is 11.5 Å². The second-order valence-electron chi connectivity index (χ2n) is 6.08. The average molecular weight is 308 g/mol. The summed E-state index contributed by atoms with van der Waals surface area (Å²) < 4.78 is 7.48. The zero-order valence-electron chi connectivity index (χ0n) is 13.2. The third-order valence-electron chi connectivity index (χ3n) is 4.27. The van der Waals surface area contributed by atoms with E-state index in [0.29, 0.717) is 5.92 Å². The zero-order valence-corrected chi connectivity index (χ0v) is 13.2. The molecule has 5 heteroatoms. The van der Waals surface area contributed by atoms with E-state index in [2.05, 4.69) is 36.2 Å². The van der Waals surface area contributed by atoms with Gasteiger partial charge in [-0.25, -0.2) is 9.67 Å². The van der Waals surface area contributed by atoms with Crippen LogP contribution in [0.3, 0.4) is 0 Å². The minimum absolute atomic E-state index is 0.308. The highest BCUT2D eigenvalue weighted by Gasteiger charge is 2.24. The number of H-pyrrole nitrogens is 1. The van der Waals surface area contributed by atoms with Gasteiger partial charge in [-0.2, -0.15) is 5.10 Å². The van der Waals surface area contributed by atoms with Gasteiger partial charge in [0, 0.05) is 18.7 Å². The molecule has 118 valence electrons.